The molecule has 0 bridgehead atoms. The number of anilines is 1. The molecule has 1 aromatic rings. The Labute approximate surface area is 119 Å². The van der Waals surface area contributed by atoms with Gasteiger partial charge in [0, 0.05) is 17.0 Å². The Hall–Kier alpha value is -2.35. The van der Waals surface area contributed by atoms with E-state index in [-0.39, 0.29) is 0 Å². The van der Waals surface area contributed by atoms with Crippen molar-refractivity contribution in [3.63, 3.8) is 0 Å². The molecule has 104 valence electrons. The number of primary amides is 1. The number of nitrogens with zero attached hydrogens (tertiary/aromatic N) is 1. The summed E-state index contributed by atoms with van der Waals surface area (Å²) in [6.45, 7) is 0.635. The number of benzene rings is 1. The summed E-state index contributed by atoms with van der Waals surface area (Å²) in [6, 6.07) is 5.92. The van der Waals surface area contributed by atoms with Crippen molar-refractivity contribution in [1.29, 1.82) is 0 Å². The summed E-state index contributed by atoms with van der Waals surface area (Å²) >= 11 is 1.39. The van der Waals surface area contributed by atoms with E-state index in [1.54, 1.807) is 0 Å². The van der Waals surface area contributed by atoms with E-state index in [1.165, 1.54) is 36.0 Å². The third kappa shape index (κ3) is 3.58. The zero-order chi connectivity index (χ0) is 14.5. The molecule has 0 radical (unpaired) electrons. The molecule has 4 N–H and O–H groups in total. The smallest absolute Gasteiger partial charge is 0.315 e. The molecular weight excluding hydrogens is 280 g/mol. The van der Waals surface area contributed by atoms with Gasteiger partial charge in [-0.3, -0.25) is 24.7 Å². The number of rotatable bonds is 2. The zero-order valence-electron chi connectivity index (χ0n) is 10.4. The Morgan fingerprint density at radius 2 is 1.75 bits per heavy atom. The summed E-state index contributed by atoms with van der Waals surface area (Å²) in [6.07, 6.45) is 0. The number of aliphatic imine (C=N–C) groups is 1. The molecule has 7 nitrogen and oxygen atoms in total. The molecule has 0 aliphatic carbocycles. The first-order chi connectivity index (χ1) is 9.56. The second-order valence-electron chi connectivity index (χ2n) is 3.89. The number of carbonyl (C=O) groups excluding carboxylic acids is 3. The maximum atomic E-state index is 11.6. The van der Waals surface area contributed by atoms with Crippen LogP contribution in [0.1, 0.15) is 10.4 Å². The van der Waals surface area contributed by atoms with Gasteiger partial charge in [-0.25, -0.2) is 0 Å². The van der Waals surface area contributed by atoms with Crippen LogP contribution < -0.4 is 16.4 Å². The first-order valence-corrected chi connectivity index (χ1v) is 6.74. The van der Waals surface area contributed by atoms with Crippen molar-refractivity contribution in [3.8, 4) is 0 Å². The summed E-state index contributed by atoms with van der Waals surface area (Å²) in [4.78, 5) is 38.1. The summed E-state index contributed by atoms with van der Waals surface area (Å²) in [7, 11) is 0. The maximum Gasteiger partial charge on any atom is 0.315 e. The molecule has 3 amide bonds. The molecule has 0 unspecified atom stereocenters. The van der Waals surface area contributed by atoms with Crippen LogP contribution in [0.2, 0.25) is 0 Å². The molecule has 0 aromatic heterocycles. The van der Waals surface area contributed by atoms with Gasteiger partial charge in [0.2, 0.25) is 5.91 Å². The zero-order valence-corrected chi connectivity index (χ0v) is 11.2. The van der Waals surface area contributed by atoms with Crippen molar-refractivity contribution in [3.05, 3.63) is 29.8 Å². The number of amidine groups is 1. The summed E-state index contributed by atoms with van der Waals surface area (Å²) in [5.41, 5.74) is 5.82. The summed E-state index contributed by atoms with van der Waals surface area (Å²) in [5, 5.41) is 5.28. The molecule has 1 aliphatic heterocycles. The number of thioether (sulfide) groups is 1. The molecule has 20 heavy (non-hydrogen) atoms. The van der Waals surface area contributed by atoms with Gasteiger partial charge >= 0.3 is 11.8 Å². The standard InChI is InChI=1S/C12H12N4O3S/c13-9(17)7-1-3-8(4-2-7)15-10(18)11(19)16-12-14-5-6-20-12/h1-4H,5-6H2,(H2,13,17)(H,15,18)(H,14,16,19). The lowest BCUT2D eigenvalue weighted by molar-refractivity contribution is -0.135. The van der Waals surface area contributed by atoms with Gasteiger partial charge in [-0.2, -0.15) is 0 Å². The molecule has 1 aliphatic rings. The fraction of sp³-hybridized carbons (Fsp3) is 0.167. The quantitative estimate of drug-likeness (QED) is 0.663. The van der Waals surface area contributed by atoms with Crippen LogP contribution in [0.5, 0.6) is 0 Å². The van der Waals surface area contributed by atoms with Crippen LogP contribution >= 0.6 is 11.8 Å². The molecule has 1 aromatic carbocycles. The predicted molar refractivity (Wildman–Crippen MR) is 76.5 cm³/mol. The Kier molecular flexibility index (Phi) is 4.36. The minimum absolute atomic E-state index is 0.323. The van der Waals surface area contributed by atoms with Crippen molar-refractivity contribution < 1.29 is 14.4 Å². The van der Waals surface area contributed by atoms with Gasteiger partial charge in [-0.1, -0.05) is 11.8 Å². The van der Waals surface area contributed by atoms with Gasteiger partial charge in [0.25, 0.3) is 0 Å². The van der Waals surface area contributed by atoms with E-state index in [1.807, 2.05) is 0 Å². The van der Waals surface area contributed by atoms with Crippen molar-refractivity contribution in [2.24, 2.45) is 10.7 Å². The maximum absolute atomic E-state index is 11.6. The molecule has 0 atom stereocenters. The molecule has 0 saturated carbocycles. The first kappa shape index (κ1) is 14.1. The van der Waals surface area contributed by atoms with Crippen molar-refractivity contribution >= 4 is 40.3 Å². The SMILES string of the molecule is NC(=O)c1ccc(NC(=O)C(=O)NC2=NCCS2)cc1. The van der Waals surface area contributed by atoms with Crippen LogP contribution in [0.3, 0.4) is 0 Å². The fourth-order valence-electron chi connectivity index (χ4n) is 1.47. The minimum atomic E-state index is -0.799. The molecule has 0 saturated heterocycles. The number of amides is 3. The number of hydrogen-bond donors (Lipinski definition) is 3. The third-order valence-corrected chi connectivity index (χ3v) is 3.33. The number of nitrogens with one attached hydrogen (secondary N) is 2. The number of carbonyl (C=O) groups is 3. The van der Waals surface area contributed by atoms with Gasteiger partial charge in [0.1, 0.15) is 0 Å². The van der Waals surface area contributed by atoms with E-state index < -0.39 is 17.7 Å². The van der Waals surface area contributed by atoms with Crippen LogP contribution in [-0.2, 0) is 9.59 Å². The minimum Gasteiger partial charge on any atom is -0.366 e. The lowest BCUT2D eigenvalue weighted by Gasteiger charge is -2.06. The molecule has 8 heteroatoms. The van der Waals surface area contributed by atoms with E-state index >= 15 is 0 Å². The van der Waals surface area contributed by atoms with Gasteiger partial charge in [-0.05, 0) is 24.3 Å². The Morgan fingerprint density at radius 3 is 2.30 bits per heavy atom. The summed E-state index contributed by atoms with van der Waals surface area (Å²) < 4.78 is 0. The molecule has 0 spiro atoms. The van der Waals surface area contributed by atoms with Gasteiger partial charge < -0.3 is 11.1 Å². The highest BCUT2D eigenvalue weighted by Crippen LogP contribution is 2.10. The van der Waals surface area contributed by atoms with Crippen molar-refractivity contribution in [2.75, 3.05) is 17.6 Å². The van der Waals surface area contributed by atoms with Crippen LogP contribution in [0.25, 0.3) is 0 Å². The monoisotopic (exact) mass is 292 g/mol. The highest BCUT2D eigenvalue weighted by molar-refractivity contribution is 8.14. The normalized spacial score (nSPS) is 13.5. The molecule has 0 fully saturated rings. The van der Waals surface area contributed by atoms with Gasteiger partial charge in [-0.15, -0.1) is 0 Å². The Balaban J connectivity index is 1.93. The highest BCUT2D eigenvalue weighted by atomic mass is 32.2. The Bertz CT molecular complexity index is 583. The second-order valence-corrected chi connectivity index (χ2v) is 4.97. The largest absolute Gasteiger partial charge is 0.366 e. The fourth-order valence-corrected chi connectivity index (χ4v) is 2.19. The predicted octanol–water partition coefficient (Wildman–Crippen LogP) is -0.0570. The lowest BCUT2D eigenvalue weighted by atomic mass is 10.2. The average Bonchev–Trinajstić information content (AvgIpc) is 2.92. The third-order valence-electron chi connectivity index (χ3n) is 2.44. The second kappa shape index (κ2) is 6.20. The molecule has 2 rings (SSSR count). The topological polar surface area (TPSA) is 114 Å². The van der Waals surface area contributed by atoms with Gasteiger partial charge in [0.15, 0.2) is 5.17 Å². The van der Waals surface area contributed by atoms with E-state index in [9.17, 15) is 14.4 Å². The van der Waals surface area contributed by atoms with E-state index in [0.29, 0.717) is 23.0 Å². The number of nitrogens with two attached hydrogens (primary N) is 1. The molecule has 1 heterocycles. The van der Waals surface area contributed by atoms with Crippen molar-refractivity contribution in [1.82, 2.24) is 5.32 Å². The highest BCUT2D eigenvalue weighted by Gasteiger charge is 2.17. The Morgan fingerprint density at radius 1 is 1.10 bits per heavy atom. The lowest BCUT2D eigenvalue weighted by Crippen LogP contribution is -2.37. The van der Waals surface area contributed by atoms with E-state index in [0.717, 1.165) is 5.75 Å². The first-order valence-electron chi connectivity index (χ1n) is 5.76. The molecular formula is C12H12N4O3S. The number of hydrogen-bond acceptors (Lipinski definition) is 5. The van der Waals surface area contributed by atoms with Crippen LogP contribution in [0.15, 0.2) is 29.3 Å². The average molecular weight is 292 g/mol. The van der Waals surface area contributed by atoms with Gasteiger partial charge in [0.05, 0.1) is 6.54 Å². The summed E-state index contributed by atoms with van der Waals surface area (Å²) in [5.74, 6) is -1.34. The van der Waals surface area contributed by atoms with E-state index in [2.05, 4.69) is 15.6 Å². The van der Waals surface area contributed by atoms with Crippen LogP contribution in [0, 0.1) is 0 Å². The van der Waals surface area contributed by atoms with Crippen LogP contribution in [-0.4, -0.2) is 35.2 Å². The van der Waals surface area contributed by atoms with Crippen LogP contribution in [0.4, 0.5) is 5.69 Å². The van der Waals surface area contributed by atoms with Crippen molar-refractivity contribution in [2.45, 2.75) is 0 Å². The van der Waals surface area contributed by atoms with E-state index in [4.69, 9.17) is 5.73 Å².